The molecule has 1 fully saturated rings. The number of carbonyl (C=O) groups is 4. The number of pyridine rings is 1. The van der Waals surface area contributed by atoms with E-state index in [0.717, 1.165) is 6.07 Å². The molecule has 4 aromatic rings. The fourth-order valence-corrected chi connectivity index (χ4v) is 5.83. The first-order valence-electron chi connectivity index (χ1n) is 13.5. The number of amides is 2. The van der Waals surface area contributed by atoms with Gasteiger partial charge in [0.2, 0.25) is 17.6 Å². The summed E-state index contributed by atoms with van der Waals surface area (Å²) < 4.78 is 5.32. The van der Waals surface area contributed by atoms with Crippen molar-refractivity contribution in [3.8, 4) is 11.3 Å². The van der Waals surface area contributed by atoms with Gasteiger partial charge in [-0.1, -0.05) is 47.5 Å². The Morgan fingerprint density at radius 1 is 0.932 bits per heavy atom. The van der Waals surface area contributed by atoms with Gasteiger partial charge in [0, 0.05) is 27.6 Å². The second kappa shape index (κ2) is 11.6. The molecule has 1 aliphatic carbocycles. The summed E-state index contributed by atoms with van der Waals surface area (Å²) >= 11 is 12.0. The minimum atomic E-state index is -0.834. The standard InChI is InChI=1S/C32H21Cl2N3O7/c33-19-8-12-26-23(14-19)24(32(41)44-16-29(38)18-7-11-25(34)28(13-18)37(42)43)15-27(35-26)17-5-9-20(10-6-17)36-30(39)21-3-1-2-4-22(21)31(36)40/h1-2,5-15,21-22H,3-4,16H2. The highest BCUT2D eigenvalue weighted by Gasteiger charge is 2.47. The van der Waals surface area contributed by atoms with Gasteiger partial charge >= 0.3 is 5.97 Å². The van der Waals surface area contributed by atoms with Crippen LogP contribution in [-0.4, -0.2) is 40.1 Å². The van der Waals surface area contributed by atoms with Crippen LogP contribution in [0.2, 0.25) is 10.0 Å². The smallest absolute Gasteiger partial charge is 0.339 e. The van der Waals surface area contributed by atoms with E-state index >= 15 is 0 Å². The Balaban J connectivity index is 1.27. The van der Waals surface area contributed by atoms with Gasteiger partial charge in [-0.2, -0.15) is 0 Å². The van der Waals surface area contributed by atoms with Crippen molar-refractivity contribution in [2.24, 2.45) is 11.8 Å². The molecule has 2 amide bonds. The molecule has 6 rings (SSSR count). The molecule has 2 unspecified atom stereocenters. The number of aromatic nitrogens is 1. The summed E-state index contributed by atoms with van der Waals surface area (Å²) in [7, 11) is 0. The maximum atomic E-state index is 13.3. The Hall–Kier alpha value is -4.93. The highest BCUT2D eigenvalue weighted by molar-refractivity contribution is 6.33. The van der Waals surface area contributed by atoms with Gasteiger partial charge in [-0.15, -0.1) is 0 Å². The maximum absolute atomic E-state index is 13.3. The number of fused-ring (bicyclic) bond motifs is 2. The summed E-state index contributed by atoms with van der Waals surface area (Å²) in [5.41, 5.74) is 1.49. The van der Waals surface area contributed by atoms with Gasteiger partial charge in [-0.25, -0.2) is 9.78 Å². The topological polar surface area (TPSA) is 137 Å². The highest BCUT2D eigenvalue weighted by atomic mass is 35.5. The predicted molar refractivity (Wildman–Crippen MR) is 163 cm³/mol. The van der Waals surface area contributed by atoms with Crippen LogP contribution in [-0.2, 0) is 14.3 Å². The number of esters is 1. The number of rotatable bonds is 7. The first-order valence-corrected chi connectivity index (χ1v) is 14.3. The summed E-state index contributed by atoms with van der Waals surface area (Å²) in [6.07, 6.45) is 4.94. The fourth-order valence-electron chi connectivity index (χ4n) is 5.47. The molecule has 220 valence electrons. The first kappa shape index (κ1) is 29.2. The van der Waals surface area contributed by atoms with Crippen molar-refractivity contribution in [2.45, 2.75) is 12.8 Å². The third-order valence-corrected chi connectivity index (χ3v) is 8.27. The van der Waals surface area contributed by atoms with E-state index in [2.05, 4.69) is 4.98 Å². The zero-order chi connectivity index (χ0) is 31.1. The van der Waals surface area contributed by atoms with Crippen LogP contribution in [0.15, 0.2) is 78.9 Å². The lowest BCUT2D eigenvalue weighted by atomic mass is 9.85. The van der Waals surface area contributed by atoms with Gasteiger partial charge in [0.15, 0.2) is 6.61 Å². The Morgan fingerprint density at radius 3 is 2.27 bits per heavy atom. The quantitative estimate of drug-likeness (QED) is 0.0556. The Labute approximate surface area is 260 Å². The number of halogens is 2. The molecule has 0 bridgehead atoms. The number of Topliss-reactive ketones (excluding diaryl/α,β-unsaturated/α-hetero) is 1. The number of carbonyl (C=O) groups excluding carboxylic acids is 4. The van der Waals surface area contributed by atoms with Crippen LogP contribution >= 0.6 is 23.2 Å². The molecule has 0 radical (unpaired) electrons. The van der Waals surface area contributed by atoms with E-state index in [1.165, 1.54) is 23.1 Å². The van der Waals surface area contributed by atoms with Crippen molar-refractivity contribution in [3.05, 3.63) is 110 Å². The molecule has 0 N–H and O–H groups in total. The van der Waals surface area contributed by atoms with Crippen LogP contribution < -0.4 is 4.90 Å². The van der Waals surface area contributed by atoms with Crippen molar-refractivity contribution in [1.29, 1.82) is 0 Å². The molecule has 44 heavy (non-hydrogen) atoms. The molecule has 2 atom stereocenters. The predicted octanol–water partition coefficient (Wildman–Crippen LogP) is 6.61. The minimum Gasteiger partial charge on any atom is -0.454 e. The molecule has 3 aromatic carbocycles. The number of benzene rings is 3. The molecule has 10 nitrogen and oxygen atoms in total. The third-order valence-electron chi connectivity index (χ3n) is 7.72. The van der Waals surface area contributed by atoms with Crippen LogP contribution in [0.5, 0.6) is 0 Å². The largest absolute Gasteiger partial charge is 0.454 e. The number of imide groups is 1. The van der Waals surface area contributed by atoms with E-state index in [4.69, 9.17) is 27.9 Å². The minimum absolute atomic E-state index is 0.0391. The molecule has 1 aromatic heterocycles. The lowest BCUT2D eigenvalue weighted by Gasteiger charge is -2.15. The first-order chi connectivity index (χ1) is 21.1. The lowest BCUT2D eigenvalue weighted by molar-refractivity contribution is -0.384. The number of ketones is 1. The molecule has 1 saturated heterocycles. The molecule has 0 saturated carbocycles. The van der Waals surface area contributed by atoms with Gasteiger partial charge in [0.1, 0.15) is 5.02 Å². The van der Waals surface area contributed by atoms with Crippen LogP contribution in [0.4, 0.5) is 11.4 Å². The Bertz CT molecular complexity index is 1900. The van der Waals surface area contributed by atoms with Crippen molar-refractivity contribution in [2.75, 3.05) is 11.5 Å². The van der Waals surface area contributed by atoms with Crippen LogP contribution in [0.1, 0.15) is 33.6 Å². The van der Waals surface area contributed by atoms with E-state index in [0.29, 0.717) is 45.7 Å². The number of nitro benzene ring substituents is 1. The van der Waals surface area contributed by atoms with Gasteiger partial charge < -0.3 is 4.74 Å². The Kier molecular flexibility index (Phi) is 7.71. The van der Waals surface area contributed by atoms with E-state index in [1.54, 1.807) is 42.5 Å². The van der Waals surface area contributed by atoms with E-state index in [9.17, 15) is 29.3 Å². The van der Waals surface area contributed by atoms with Gasteiger partial charge in [-0.05, 0) is 61.4 Å². The van der Waals surface area contributed by atoms with Crippen molar-refractivity contribution >= 4 is 69.0 Å². The number of ether oxygens (including phenoxy) is 1. The molecule has 0 spiro atoms. The number of hydrogen-bond donors (Lipinski definition) is 0. The van der Waals surface area contributed by atoms with Crippen molar-refractivity contribution in [3.63, 3.8) is 0 Å². The lowest BCUT2D eigenvalue weighted by Crippen LogP contribution is -2.30. The number of anilines is 1. The van der Waals surface area contributed by atoms with Gasteiger partial charge in [0.25, 0.3) is 5.69 Å². The molecular weight excluding hydrogens is 609 g/mol. The molecule has 12 heteroatoms. The van der Waals surface area contributed by atoms with Gasteiger partial charge in [0.05, 0.1) is 39.2 Å². The molecule has 1 aliphatic heterocycles. The zero-order valence-electron chi connectivity index (χ0n) is 22.7. The number of hydrogen-bond acceptors (Lipinski definition) is 8. The number of allylic oxidation sites excluding steroid dienone is 2. The summed E-state index contributed by atoms with van der Waals surface area (Å²) in [6.45, 7) is -0.679. The fraction of sp³-hybridized carbons (Fsp3) is 0.156. The average Bonchev–Trinajstić information content (AvgIpc) is 3.28. The number of nitrogens with zero attached hydrogens (tertiary/aromatic N) is 3. The van der Waals surface area contributed by atoms with Crippen LogP contribution in [0.25, 0.3) is 22.2 Å². The van der Waals surface area contributed by atoms with Crippen LogP contribution in [0.3, 0.4) is 0 Å². The molecular formula is C32H21Cl2N3O7. The third kappa shape index (κ3) is 5.34. The highest BCUT2D eigenvalue weighted by Crippen LogP contribution is 2.38. The van der Waals surface area contributed by atoms with Crippen LogP contribution in [0, 0.1) is 22.0 Å². The summed E-state index contributed by atoms with van der Waals surface area (Å²) in [4.78, 5) is 68.4. The monoisotopic (exact) mass is 629 g/mol. The van der Waals surface area contributed by atoms with E-state index in [-0.39, 0.29) is 39.8 Å². The molecule has 2 aliphatic rings. The average molecular weight is 630 g/mol. The SMILES string of the molecule is O=C(COC(=O)c1cc(-c2ccc(N3C(=O)C4CC=CCC4C3=O)cc2)nc2ccc(Cl)cc12)c1ccc(Cl)c([N+](=O)[O-])c1. The molecule has 2 heterocycles. The van der Waals surface area contributed by atoms with Gasteiger partial charge in [-0.3, -0.25) is 29.4 Å². The second-order valence-electron chi connectivity index (χ2n) is 10.4. The maximum Gasteiger partial charge on any atom is 0.339 e. The Morgan fingerprint density at radius 2 is 1.61 bits per heavy atom. The normalized spacial score (nSPS) is 17.5. The summed E-state index contributed by atoms with van der Waals surface area (Å²) in [5.74, 6) is -2.63. The second-order valence-corrected chi connectivity index (χ2v) is 11.2. The van der Waals surface area contributed by atoms with E-state index < -0.39 is 29.0 Å². The summed E-state index contributed by atoms with van der Waals surface area (Å²) in [5, 5.41) is 11.8. The number of nitro groups is 1. The summed E-state index contributed by atoms with van der Waals surface area (Å²) in [6, 6.07) is 16.6. The van der Waals surface area contributed by atoms with Crippen molar-refractivity contribution < 1.29 is 28.8 Å². The van der Waals surface area contributed by atoms with Crippen molar-refractivity contribution in [1.82, 2.24) is 4.98 Å². The zero-order valence-corrected chi connectivity index (χ0v) is 24.2. The van der Waals surface area contributed by atoms with E-state index in [1.807, 2.05) is 12.2 Å².